The van der Waals surface area contributed by atoms with E-state index in [2.05, 4.69) is 27.3 Å². The summed E-state index contributed by atoms with van der Waals surface area (Å²) in [6, 6.07) is 4.07. The summed E-state index contributed by atoms with van der Waals surface area (Å²) in [5, 5.41) is 2.98. The van der Waals surface area contributed by atoms with Crippen molar-refractivity contribution >= 4 is 27.5 Å². The van der Waals surface area contributed by atoms with Gasteiger partial charge in [-0.15, -0.1) is 0 Å². The van der Waals surface area contributed by atoms with E-state index < -0.39 is 0 Å². The SMILES string of the molecule is Cc1cc(C)c(NC(=O)C2CCOC2)c(Br)c1. The Balaban J connectivity index is 2.15. The first kappa shape index (κ1) is 12.6. The van der Waals surface area contributed by atoms with Gasteiger partial charge in [0.05, 0.1) is 18.2 Å². The van der Waals surface area contributed by atoms with E-state index in [0.29, 0.717) is 13.2 Å². The molecule has 92 valence electrons. The molecule has 0 aromatic heterocycles. The van der Waals surface area contributed by atoms with E-state index >= 15 is 0 Å². The molecule has 0 bridgehead atoms. The molecule has 1 atom stereocenters. The third-order valence-electron chi connectivity index (χ3n) is 2.98. The number of benzene rings is 1. The molecule has 17 heavy (non-hydrogen) atoms. The second-order valence-corrected chi connectivity index (χ2v) is 5.34. The minimum Gasteiger partial charge on any atom is -0.381 e. The number of carbonyl (C=O) groups excluding carboxylic acids is 1. The van der Waals surface area contributed by atoms with Crippen LogP contribution in [-0.4, -0.2) is 19.1 Å². The van der Waals surface area contributed by atoms with Crippen molar-refractivity contribution in [2.75, 3.05) is 18.5 Å². The number of rotatable bonds is 2. The van der Waals surface area contributed by atoms with Crippen LogP contribution in [0.25, 0.3) is 0 Å². The van der Waals surface area contributed by atoms with E-state index in [-0.39, 0.29) is 11.8 Å². The largest absolute Gasteiger partial charge is 0.381 e. The highest BCUT2D eigenvalue weighted by atomic mass is 79.9. The summed E-state index contributed by atoms with van der Waals surface area (Å²) < 4.78 is 6.16. The van der Waals surface area contributed by atoms with Crippen LogP contribution in [0.1, 0.15) is 17.5 Å². The molecule has 1 aliphatic rings. The van der Waals surface area contributed by atoms with Crippen molar-refractivity contribution < 1.29 is 9.53 Å². The van der Waals surface area contributed by atoms with E-state index in [0.717, 1.165) is 22.1 Å². The lowest BCUT2D eigenvalue weighted by molar-refractivity contribution is -0.119. The Kier molecular flexibility index (Phi) is 3.84. The van der Waals surface area contributed by atoms with Crippen LogP contribution in [0.4, 0.5) is 5.69 Å². The Morgan fingerprint density at radius 3 is 2.82 bits per heavy atom. The van der Waals surface area contributed by atoms with Crippen molar-refractivity contribution in [1.82, 2.24) is 0 Å². The van der Waals surface area contributed by atoms with Crippen molar-refractivity contribution in [1.29, 1.82) is 0 Å². The quantitative estimate of drug-likeness (QED) is 0.911. The van der Waals surface area contributed by atoms with Crippen LogP contribution < -0.4 is 5.32 Å². The van der Waals surface area contributed by atoms with Crippen molar-refractivity contribution in [2.45, 2.75) is 20.3 Å². The zero-order chi connectivity index (χ0) is 12.4. The Labute approximate surface area is 110 Å². The van der Waals surface area contributed by atoms with Gasteiger partial charge in [0.15, 0.2) is 0 Å². The maximum Gasteiger partial charge on any atom is 0.229 e. The molecule has 1 N–H and O–H groups in total. The van der Waals surface area contributed by atoms with E-state index in [1.165, 1.54) is 5.56 Å². The van der Waals surface area contributed by atoms with Gasteiger partial charge in [-0.2, -0.15) is 0 Å². The molecular weight excluding hydrogens is 282 g/mol. The summed E-state index contributed by atoms with van der Waals surface area (Å²) in [5.74, 6) is 0.0396. The third kappa shape index (κ3) is 2.87. The molecule has 1 fully saturated rings. The van der Waals surface area contributed by atoms with Gasteiger partial charge in [-0.3, -0.25) is 4.79 Å². The molecule has 0 saturated carbocycles. The van der Waals surface area contributed by atoms with Crippen molar-refractivity contribution in [2.24, 2.45) is 5.92 Å². The molecular formula is C13H16BrNO2. The fourth-order valence-corrected chi connectivity index (χ4v) is 2.81. The average Bonchev–Trinajstić information content (AvgIpc) is 2.76. The lowest BCUT2D eigenvalue weighted by Crippen LogP contribution is -2.23. The van der Waals surface area contributed by atoms with Crippen molar-refractivity contribution in [3.8, 4) is 0 Å². The highest BCUT2D eigenvalue weighted by Gasteiger charge is 2.24. The van der Waals surface area contributed by atoms with Crippen LogP contribution in [0.5, 0.6) is 0 Å². The van der Waals surface area contributed by atoms with Gasteiger partial charge in [-0.25, -0.2) is 0 Å². The number of ether oxygens (including phenoxy) is 1. The second kappa shape index (κ2) is 5.19. The van der Waals surface area contributed by atoms with E-state index in [1.54, 1.807) is 0 Å². The molecule has 1 amide bonds. The number of hydrogen-bond acceptors (Lipinski definition) is 2. The summed E-state index contributed by atoms with van der Waals surface area (Å²) in [4.78, 5) is 12.0. The number of hydrogen-bond donors (Lipinski definition) is 1. The third-order valence-corrected chi connectivity index (χ3v) is 3.61. The van der Waals surface area contributed by atoms with Crippen LogP contribution in [-0.2, 0) is 9.53 Å². The summed E-state index contributed by atoms with van der Waals surface area (Å²) >= 11 is 3.49. The fourth-order valence-electron chi connectivity index (χ4n) is 2.04. The molecule has 2 rings (SSSR count). The molecule has 1 aromatic carbocycles. The minimum atomic E-state index is -0.0115. The molecule has 4 heteroatoms. The van der Waals surface area contributed by atoms with Crippen LogP contribution in [0.2, 0.25) is 0 Å². The summed E-state index contributed by atoms with van der Waals surface area (Å²) in [6.07, 6.45) is 0.814. The second-order valence-electron chi connectivity index (χ2n) is 4.49. The van der Waals surface area contributed by atoms with E-state index in [1.807, 2.05) is 19.9 Å². The Bertz CT molecular complexity index is 416. The molecule has 1 heterocycles. The molecule has 0 radical (unpaired) electrons. The van der Waals surface area contributed by atoms with Gasteiger partial charge >= 0.3 is 0 Å². The first-order valence-electron chi connectivity index (χ1n) is 5.73. The topological polar surface area (TPSA) is 38.3 Å². The smallest absolute Gasteiger partial charge is 0.229 e. The lowest BCUT2D eigenvalue weighted by Gasteiger charge is -2.14. The fraction of sp³-hybridized carbons (Fsp3) is 0.462. The van der Waals surface area contributed by atoms with Gasteiger partial charge in [0, 0.05) is 11.1 Å². The molecule has 3 nitrogen and oxygen atoms in total. The zero-order valence-corrected chi connectivity index (χ0v) is 11.6. The number of aryl methyl sites for hydroxylation is 2. The van der Waals surface area contributed by atoms with Gasteiger partial charge in [-0.1, -0.05) is 6.07 Å². The Morgan fingerprint density at radius 2 is 2.24 bits per heavy atom. The van der Waals surface area contributed by atoms with Gasteiger partial charge in [0.2, 0.25) is 5.91 Å². The van der Waals surface area contributed by atoms with Crippen LogP contribution in [0.3, 0.4) is 0 Å². The van der Waals surface area contributed by atoms with Crippen LogP contribution in [0.15, 0.2) is 16.6 Å². The highest BCUT2D eigenvalue weighted by Crippen LogP contribution is 2.28. The maximum atomic E-state index is 12.0. The first-order chi connectivity index (χ1) is 8.08. The molecule has 1 aromatic rings. The number of amides is 1. The Morgan fingerprint density at radius 1 is 1.47 bits per heavy atom. The van der Waals surface area contributed by atoms with Crippen LogP contribution in [0, 0.1) is 19.8 Å². The standard InChI is InChI=1S/C13H16BrNO2/c1-8-5-9(2)12(11(14)6-8)15-13(16)10-3-4-17-7-10/h5-6,10H,3-4,7H2,1-2H3,(H,15,16). The summed E-state index contributed by atoms with van der Waals surface area (Å²) in [6.45, 7) is 5.26. The zero-order valence-electron chi connectivity index (χ0n) is 10.0. The molecule has 1 unspecified atom stereocenters. The molecule has 1 saturated heterocycles. The highest BCUT2D eigenvalue weighted by molar-refractivity contribution is 9.10. The molecule has 0 spiro atoms. The summed E-state index contributed by atoms with van der Waals surface area (Å²) in [7, 11) is 0. The van der Waals surface area contributed by atoms with Gasteiger partial charge in [0.1, 0.15) is 0 Å². The maximum absolute atomic E-state index is 12.0. The number of halogens is 1. The lowest BCUT2D eigenvalue weighted by atomic mass is 10.1. The summed E-state index contributed by atoms with van der Waals surface area (Å²) in [5.41, 5.74) is 3.12. The van der Waals surface area contributed by atoms with Gasteiger partial charge < -0.3 is 10.1 Å². The van der Waals surface area contributed by atoms with E-state index in [9.17, 15) is 4.79 Å². The van der Waals surface area contributed by atoms with Gasteiger partial charge in [-0.05, 0) is 53.4 Å². The van der Waals surface area contributed by atoms with Crippen LogP contribution >= 0.6 is 15.9 Å². The Hall–Kier alpha value is -0.870. The van der Waals surface area contributed by atoms with E-state index in [4.69, 9.17) is 4.74 Å². The van der Waals surface area contributed by atoms with Gasteiger partial charge in [0.25, 0.3) is 0 Å². The predicted octanol–water partition coefficient (Wildman–Crippen LogP) is 3.04. The number of nitrogens with one attached hydrogen (secondary N) is 1. The molecule has 1 aliphatic heterocycles. The monoisotopic (exact) mass is 297 g/mol. The number of carbonyl (C=O) groups is 1. The van der Waals surface area contributed by atoms with Crippen molar-refractivity contribution in [3.05, 3.63) is 27.7 Å². The normalized spacial score (nSPS) is 19.4. The predicted molar refractivity (Wildman–Crippen MR) is 71.2 cm³/mol. The first-order valence-corrected chi connectivity index (χ1v) is 6.52. The van der Waals surface area contributed by atoms with Crippen molar-refractivity contribution in [3.63, 3.8) is 0 Å². The minimum absolute atomic E-state index is 0.0115. The number of anilines is 1. The molecule has 0 aliphatic carbocycles. The average molecular weight is 298 g/mol.